The number of aromatic nitrogens is 2. The Morgan fingerprint density at radius 2 is 2.21 bits per heavy atom. The molecule has 2 rings (SSSR count). The van der Waals surface area contributed by atoms with E-state index in [2.05, 4.69) is 10.1 Å². The van der Waals surface area contributed by atoms with Crippen LogP contribution in [0.15, 0.2) is 4.52 Å². The van der Waals surface area contributed by atoms with Gasteiger partial charge in [0.1, 0.15) is 5.60 Å². The minimum absolute atomic E-state index is 0.101. The zero-order chi connectivity index (χ0) is 14.3. The van der Waals surface area contributed by atoms with Gasteiger partial charge in [0, 0.05) is 13.0 Å². The van der Waals surface area contributed by atoms with Crippen LogP contribution in [0.1, 0.15) is 38.9 Å². The molecule has 0 saturated carbocycles. The van der Waals surface area contributed by atoms with Crippen molar-refractivity contribution < 1.29 is 19.2 Å². The molecule has 2 heterocycles. The smallest absolute Gasteiger partial charge is 0.410 e. The molecule has 106 valence electrons. The standard InChI is InChI=1S/C12H19N3O4/c1-8-13-9(19-14-8)12(17)5-6-15(7-12)10(16)18-11(2,3)4/h17H,5-7H2,1-4H3. The normalized spacial score (nSPS) is 23.7. The Labute approximate surface area is 111 Å². The molecule has 7 heteroatoms. The molecule has 7 nitrogen and oxygen atoms in total. The molecule has 1 unspecified atom stereocenters. The first-order valence-electron chi connectivity index (χ1n) is 6.21. The number of nitrogens with zero attached hydrogens (tertiary/aromatic N) is 3. The summed E-state index contributed by atoms with van der Waals surface area (Å²) in [5, 5.41) is 14.1. The van der Waals surface area contributed by atoms with E-state index < -0.39 is 17.3 Å². The van der Waals surface area contributed by atoms with E-state index in [1.165, 1.54) is 4.90 Å². The third kappa shape index (κ3) is 3.04. The van der Waals surface area contributed by atoms with E-state index in [1.54, 1.807) is 27.7 Å². The van der Waals surface area contributed by atoms with E-state index in [-0.39, 0.29) is 12.4 Å². The number of β-amino-alcohol motifs (C(OH)–C–C–N with tert-alkyl or cyclic N) is 1. The highest BCUT2D eigenvalue weighted by Crippen LogP contribution is 2.31. The zero-order valence-corrected chi connectivity index (χ0v) is 11.6. The highest BCUT2D eigenvalue weighted by Gasteiger charge is 2.45. The van der Waals surface area contributed by atoms with Gasteiger partial charge in [-0.25, -0.2) is 4.79 Å². The van der Waals surface area contributed by atoms with Crippen LogP contribution in [0.2, 0.25) is 0 Å². The van der Waals surface area contributed by atoms with Crippen LogP contribution >= 0.6 is 0 Å². The van der Waals surface area contributed by atoms with Crippen molar-refractivity contribution in [3.63, 3.8) is 0 Å². The fraction of sp³-hybridized carbons (Fsp3) is 0.750. The summed E-state index contributed by atoms with van der Waals surface area (Å²) in [7, 11) is 0. The highest BCUT2D eigenvalue weighted by atomic mass is 16.6. The fourth-order valence-electron chi connectivity index (χ4n) is 1.94. The van der Waals surface area contributed by atoms with E-state index in [1.807, 2.05) is 0 Å². The average Bonchev–Trinajstić information content (AvgIpc) is 2.83. The molecule has 1 N–H and O–H groups in total. The van der Waals surface area contributed by atoms with E-state index in [0.717, 1.165) is 0 Å². The zero-order valence-electron chi connectivity index (χ0n) is 11.6. The highest BCUT2D eigenvalue weighted by molar-refractivity contribution is 5.68. The summed E-state index contributed by atoms with van der Waals surface area (Å²) in [4.78, 5) is 17.4. The Balaban J connectivity index is 2.05. The lowest BCUT2D eigenvalue weighted by molar-refractivity contribution is 0.000165. The third-order valence-corrected chi connectivity index (χ3v) is 2.83. The first kappa shape index (κ1) is 13.8. The van der Waals surface area contributed by atoms with Crippen LogP contribution in [0, 0.1) is 6.92 Å². The van der Waals surface area contributed by atoms with Gasteiger partial charge in [0.05, 0.1) is 6.54 Å². The van der Waals surface area contributed by atoms with Crippen LogP contribution in [0.25, 0.3) is 0 Å². The molecule has 1 saturated heterocycles. The van der Waals surface area contributed by atoms with Crippen molar-refractivity contribution in [1.29, 1.82) is 0 Å². The number of ether oxygens (including phenoxy) is 1. The summed E-state index contributed by atoms with van der Waals surface area (Å²) in [6.07, 6.45) is -0.0897. The summed E-state index contributed by atoms with van der Waals surface area (Å²) in [6, 6.07) is 0. The van der Waals surface area contributed by atoms with Crippen LogP contribution in [-0.2, 0) is 10.3 Å². The van der Waals surface area contributed by atoms with E-state index in [4.69, 9.17) is 9.26 Å². The van der Waals surface area contributed by atoms with Gasteiger partial charge < -0.3 is 19.3 Å². The number of hydrogen-bond acceptors (Lipinski definition) is 6. The van der Waals surface area contributed by atoms with Crippen molar-refractivity contribution in [1.82, 2.24) is 15.0 Å². The average molecular weight is 269 g/mol. The van der Waals surface area contributed by atoms with E-state index in [0.29, 0.717) is 18.8 Å². The van der Waals surface area contributed by atoms with Crippen LogP contribution in [0.3, 0.4) is 0 Å². The Morgan fingerprint density at radius 3 is 2.74 bits per heavy atom. The summed E-state index contributed by atoms with van der Waals surface area (Å²) in [5.74, 6) is 0.607. The van der Waals surface area contributed by atoms with Gasteiger partial charge in [0.25, 0.3) is 5.89 Å². The molecule has 19 heavy (non-hydrogen) atoms. The van der Waals surface area contributed by atoms with Crippen LogP contribution in [0.5, 0.6) is 0 Å². The first-order valence-corrected chi connectivity index (χ1v) is 6.21. The molecule has 0 aliphatic carbocycles. The summed E-state index contributed by atoms with van der Waals surface area (Å²) in [5.41, 5.74) is -1.84. The number of aryl methyl sites for hydroxylation is 1. The van der Waals surface area contributed by atoms with Gasteiger partial charge in [0.2, 0.25) is 0 Å². The molecule has 0 radical (unpaired) electrons. The number of hydrogen-bond donors (Lipinski definition) is 1. The second-order valence-electron chi connectivity index (χ2n) is 5.83. The van der Waals surface area contributed by atoms with Crippen LogP contribution in [-0.4, -0.2) is 44.9 Å². The van der Waals surface area contributed by atoms with Crippen molar-refractivity contribution in [2.75, 3.05) is 13.1 Å². The van der Waals surface area contributed by atoms with Gasteiger partial charge in [0.15, 0.2) is 11.4 Å². The van der Waals surface area contributed by atoms with Gasteiger partial charge in [-0.1, -0.05) is 5.16 Å². The van der Waals surface area contributed by atoms with Crippen LogP contribution in [0.4, 0.5) is 4.79 Å². The molecule has 1 fully saturated rings. The largest absolute Gasteiger partial charge is 0.444 e. The lowest BCUT2D eigenvalue weighted by Crippen LogP contribution is -2.38. The molecule has 0 spiro atoms. The van der Waals surface area contributed by atoms with Crippen molar-refractivity contribution in [3.05, 3.63) is 11.7 Å². The second kappa shape index (κ2) is 4.48. The van der Waals surface area contributed by atoms with E-state index >= 15 is 0 Å². The molecular weight excluding hydrogens is 250 g/mol. The number of carbonyl (C=O) groups excluding carboxylic acids is 1. The number of amides is 1. The van der Waals surface area contributed by atoms with Gasteiger partial charge in [-0.05, 0) is 27.7 Å². The fourth-order valence-corrected chi connectivity index (χ4v) is 1.94. The van der Waals surface area contributed by atoms with Gasteiger partial charge in [-0.15, -0.1) is 0 Å². The SMILES string of the molecule is Cc1noc(C2(O)CCN(C(=O)OC(C)(C)C)C2)n1. The minimum Gasteiger partial charge on any atom is -0.444 e. The Hall–Kier alpha value is -1.63. The maximum Gasteiger partial charge on any atom is 0.410 e. The predicted octanol–water partition coefficient (Wildman–Crippen LogP) is 1.21. The quantitative estimate of drug-likeness (QED) is 0.824. The topological polar surface area (TPSA) is 88.7 Å². The van der Waals surface area contributed by atoms with Gasteiger partial charge in [-0.3, -0.25) is 0 Å². The molecule has 0 aromatic carbocycles. The molecule has 1 aliphatic rings. The Bertz CT molecular complexity index is 480. The second-order valence-corrected chi connectivity index (χ2v) is 5.83. The van der Waals surface area contributed by atoms with Crippen molar-refractivity contribution in [3.8, 4) is 0 Å². The van der Waals surface area contributed by atoms with Crippen LogP contribution < -0.4 is 0 Å². The molecule has 1 atom stereocenters. The molecule has 1 amide bonds. The predicted molar refractivity (Wildman–Crippen MR) is 65.4 cm³/mol. The summed E-state index contributed by atoms with van der Waals surface area (Å²) >= 11 is 0. The van der Waals surface area contributed by atoms with Gasteiger partial charge >= 0.3 is 6.09 Å². The van der Waals surface area contributed by atoms with Gasteiger partial charge in [-0.2, -0.15) is 4.98 Å². The Kier molecular flexibility index (Phi) is 3.25. The maximum atomic E-state index is 11.9. The number of carbonyl (C=O) groups is 1. The number of aliphatic hydroxyl groups is 1. The Morgan fingerprint density at radius 1 is 1.53 bits per heavy atom. The number of likely N-dealkylation sites (tertiary alicyclic amines) is 1. The lowest BCUT2D eigenvalue weighted by atomic mass is 10.0. The monoisotopic (exact) mass is 269 g/mol. The molecule has 1 aromatic rings. The summed E-state index contributed by atoms with van der Waals surface area (Å²) in [6.45, 7) is 7.57. The number of rotatable bonds is 1. The van der Waals surface area contributed by atoms with E-state index in [9.17, 15) is 9.90 Å². The lowest BCUT2D eigenvalue weighted by Gasteiger charge is -2.25. The molecule has 0 bridgehead atoms. The first-order chi connectivity index (χ1) is 8.70. The van der Waals surface area contributed by atoms with Crippen molar-refractivity contribution in [2.45, 2.75) is 45.3 Å². The minimum atomic E-state index is -1.28. The van der Waals surface area contributed by atoms with Crippen molar-refractivity contribution in [2.24, 2.45) is 0 Å². The molecule has 1 aliphatic heterocycles. The summed E-state index contributed by atoms with van der Waals surface area (Å²) < 4.78 is 10.3. The molecular formula is C12H19N3O4. The van der Waals surface area contributed by atoms with Crippen molar-refractivity contribution >= 4 is 6.09 Å². The molecule has 1 aromatic heterocycles. The third-order valence-electron chi connectivity index (χ3n) is 2.83. The maximum absolute atomic E-state index is 11.9.